The number of aryl methyl sites for hydroxylation is 1. The first-order valence-corrected chi connectivity index (χ1v) is 4.26. The molecule has 1 aromatic heterocycles. The largest absolute Gasteiger partial charge is 0.508 e. The number of phenolic OH excluding ortho intramolecular Hbond substituents is 1. The summed E-state index contributed by atoms with van der Waals surface area (Å²) in [6, 6.07) is 6.98. The van der Waals surface area contributed by atoms with Gasteiger partial charge in [0.15, 0.2) is 0 Å². The predicted octanol–water partition coefficient (Wildman–Crippen LogP) is 0.735. The van der Waals surface area contributed by atoms with Crippen LogP contribution >= 0.6 is 0 Å². The van der Waals surface area contributed by atoms with Crippen LogP contribution in [-0.4, -0.2) is 25.3 Å². The number of benzene rings is 1. The van der Waals surface area contributed by atoms with E-state index in [1.807, 2.05) is 19.1 Å². The van der Waals surface area contributed by atoms with Crippen molar-refractivity contribution in [3.8, 4) is 5.75 Å². The summed E-state index contributed by atoms with van der Waals surface area (Å²) in [6.07, 6.45) is 0. The number of aromatic nitrogens is 4. The second-order valence-electron chi connectivity index (χ2n) is 3.05. The highest BCUT2D eigenvalue weighted by molar-refractivity contribution is 5.25. The lowest BCUT2D eigenvalue weighted by Gasteiger charge is -2.01. The molecular formula is C9H10N4O. The zero-order chi connectivity index (χ0) is 9.97. The zero-order valence-corrected chi connectivity index (χ0v) is 7.75. The van der Waals surface area contributed by atoms with Gasteiger partial charge in [-0.05, 0) is 35.0 Å². The Balaban J connectivity index is 2.19. The van der Waals surface area contributed by atoms with Crippen molar-refractivity contribution >= 4 is 0 Å². The summed E-state index contributed by atoms with van der Waals surface area (Å²) in [5, 5.41) is 20.2. The molecule has 0 radical (unpaired) electrons. The van der Waals surface area contributed by atoms with E-state index in [4.69, 9.17) is 5.11 Å². The van der Waals surface area contributed by atoms with Gasteiger partial charge in [0.1, 0.15) is 11.6 Å². The summed E-state index contributed by atoms with van der Waals surface area (Å²) in [7, 11) is 0. The van der Waals surface area contributed by atoms with Crippen molar-refractivity contribution < 1.29 is 5.11 Å². The van der Waals surface area contributed by atoms with Gasteiger partial charge in [-0.3, -0.25) is 0 Å². The van der Waals surface area contributed by atoms with Crippen LogP contribution in [0.3, 0.4) is 0 Å². The van der Waals surface area contributed by atoms with Crippen LogP contribution in [0, 0.1) is 6.92 Å². The number of aromatic hydroxyl groups is 1. The summed E-state index contributed by atoms with van der Waals surface area (Å²) < 4.78 is 1.70. The molecule has 1 heterocycles. The maximum absolute atomic E-state index is 9.09. The molecule has 14 heavy (non-hydrogen) atoms. The second kappa shape index (κ2) is 3.45. The van der Waals surface area contributed by atoms with E-state index in [0.717, 1.165) is 11.4 Å². The molecule has 0 spiro atoms. The predicted molar refractivity (Wildman–Crippen MR) is 49.8 cm³/mol. The fraction of sp³-hybridized carbons (Fsp3) is 0.222. The molecule has 1 N–H and O–H groups in total. The lowest BCUT2D eigenvalue weighted by molar-refractivity contribution is 0.475. The molecule has 5 nitrogen and oxygen atoms in total. The molecule has 72 valence electrons. The minimum Gasteiger partial charge on any atom is -0.508 e. The number of nitrogens with zero attached hydrogens (tertiary/aromatic N) is 4. The molecule has 0 amide bonds. The topological polar surface area (TPSA) is 63.8 Å². The van der Waals surface area contributed by atoms with E-state index in [1.54, 1.807) is 16.8 Å². The molecule has 0 saturated carbocycles. The third-order valence-corrected chi connectivity index (χ3v) is 1.98. The van der Waals surface area contributed by atoms with Crippen LogP contribution in [0.25, 0.3) is 0 Å². The Kier molecular flexibility index (Phi) is 2.14. The number of tetrazole rings is 1. The Morgan fingerprint density at radius 1 is 1.29 bits per heavy atom. The van der Waals surface area contributed by atoms with E-state index >= 15 is 0 Å². The van der Waals surface area contributed by atoms with Crippen LogP contribution < -0.4 is 0 Å². The Labute approximate surface area is 81.0 Å². The van der Waals surface area contributed by atoms with Crippen LogP contribution in [0.15, 0.2) is 24.3 Å². The first kappa shape index (κ1) is 8.68. The fourth-order valence-electron chi connectivity index (χ4n) is 1.17. The van der Waals surface area contributed by atoms with E-state index in [0.29, 0.717) is 6.54 Å². The number of phenols is 1. The molecule has 0 bridgehead atoms. The second-order valence-corrected chi connectivity index (χ2v) is 3.05. The highest BCUT2D eigenvalue weighted by atomic mass is 16.3. The van der Waals surface area contributed by atoms with E-state index in [1.165, 1.54) is 0 Å². The minimum absolute atomic E-state index is 0.266. The fourth-order valence-corrected chi connectivity index (χ4v) is 1.17. The van der Waals surface area contributed by atoms with Gasteiger partial charge >= 0.3 is 0 Å². The summed E-state index contributed by atoms with van der Waals surface area (Å²) in [6.45, 7) is 2.47. The molecule has 0 fully saturated rings. The third-order valence-electron chi connectivity index (χ3n) is 1.98. The average Bonchev–Trinajstić information content (AvgIpc) is 2.56. The first-order chi connectivity index (χ1) is 6.75. The molecule has 0 atom stereocenters. The van der Waals surface area contributed by atoms with Gasteiger partial charge < -0.3 is 5.11 Å². The molecule has 2 aromatic rings. The minimum atomic E-state index is 0.266. The van der Waals surface area contributed by atoms with Gasteiger partial charge in [-0.25, -0.2) is 4.68 Å². The van der Waals surface area contributed by atoms with E-state index in [9.17, 15) is 0 Å². The van der Waals surface area contributed by atoms with Crippen LogP contribution in [0.4, 0.5) is 0 Å². The summed E-state index contributed by atoms with van der Waals surface area (Å²) in [5.41, 5.74) is 1.05. The third kappa shape index (κ3) is 1.71. The summed E-state index contributed by atoms with van der Waals surface area (Å²) in [4.78, 5) is 0. The highest BCUT2D eigenvalue weighted by Crippen LogP contribution is 2.10. The number of hydrogen-bond donors (Lipinski definition) is 1. The van der Waals surface area contributed by atoms with Crippen LogP contribution in [0.1, 0.15) is 11.4 Å². The van der Waals surface area contributed by atoms with Crippen LogP contribution in [0.5, 0.6) is 5.75 Å². The van der Waals surface area contributed by atoms with E-state index < -0.39 is 0 Å². The van der Waals surface area contributed by atoms with Gasteiger partial charge in [0.25, 0.3) is 0 Å². The first-order valence-electron chi connectivity index (χ1n) is 4.26. The van der Waals surface area contributed by atoms with Gasteiger partial charge in [-0.2, -0.15) is 0 Å². The Morgan fingerprint density at radius 3 is 2.57 bits per heavy atom. The maximum atomic E-state index is 9.09. The Hall–Kier alpha value is -1.91. The lowest BCUT2D eigenvalue weighted by Crippen LogP contribution is -2.03. The standard InChI is InChI=1S/C9H10N4O/c1-7-10-11-12-13(7)6-8-2-4-9(14)5-3-8/h2-5,14H,6H2,1H3. The van der Waals surface area contributed by atoms with Crippen molar-refractivity contribution in [1.29, 1.82) is 0 Å². The summed E-state index contributed by atoms with van der Waals surface area (Å²) >= 11 is 0. The average molecular weight is 190 g/mol. The van der Waals surface area contributed by atoms with Gasteiger partial charge in [0, 0.05) is 0 Å². The molecular weight excluding hydrogens is 180 g/mol. The zero-order valence-electron chi connectivity index (χ0n) is 7.75. The normalized spacial score (nSPS) is 10.4. The van der Waals surface area contributed by atoms with Crippen molar-refractivity contribution in [2.45, 2.75) is 13.5 Å². The number of rotatable bonds is 2. The monoisotopic (exact) mass is 190 g/mol. The smallest absolute Gasteiger partial charge is 0.148 e. The van der Waals surface area contributed by atoms with Crippen molar-refractivity contribution in [2.75, 3.05) is 0 Å². The van der Waals surface area contributed by atoms with Gasteiger partial charge in [-0.15, -0.1) is 5.10 Å². The van der Waals surface area contributed by atoms with Crippen LogP contribution in [0.2, 0.25) is 0 Å². The molecule has 0 unspecified atom stereocenters. The quantitative estimate of drug-likeness (QED) is 0.758. The van der Waals surface area contributed by atoms with E-state index in [2.05, 4.69) is 15.5 Å². The summed E-state index contributed by atoms with van der Waals surface area (Å²) in [5.74, 6) is 1.04. The molecule has 0 aliphatic carbocycles. The highest BCUT2D eigenvalue weighted by Gasteiger charge is 2.00. The molecule has 0 aliphatic rings. The van der Waals surface area contributed by atoms with Crippen molar-refractivity contribution in [2.24, 2.45) is 0 Å². The molecule has 0 aliphatic heterocycles. The number of hydrogen-bond acceptors (Lipinski definition) is 4. The SMILES string of the molecule is Cc1nnnn1Cc1ccc(O)cc1. The van der Waals surface area contributed by atoms with Crippen molar-refractivity contribution in [3.63, 3.8) is 0 Å². The van der Waals surface area contributed by atoms with E-state index in [-0.39, 0.29) is 5.75 Å². The molecule has 1 aromatic carbocycles. The van der Waals surface area contributed by atoms with Gasteiger partial charge in [0.05, 0.1) is 6.54 Å². The van der Waals surface area contributed by atoms with Crippen LogP contribution in [-0.2, 0) is 6.54 Å². The van der Waals surface area contributed by atoms with Crippen molar-refractivity contribution in [1.82, 2.24) is 20.2 Å². The lowest BCUT2D eigenvalue weighted by atomic mass is 10.2. The van der Waals surface area contributed by atoms with Gasteiger partial charge in [-0.1, -0.05) is 12.1 Å². The maximum Gasteiger partial charge on any atom is 0.148 e. The molecule has 5 heteroatoms. The molecule has 2 rings (SSSR count). The van der Waals surface area contributed by atoms with Crippen molar-refractivity contribution in [3.05, 3.63) is 35.7 Å². The molecule has 0 saturated heterocycles. The van der Waals surface area contributed by atoms with Gasteiger partial charge in [0.2, 0.25) is 0 Å². The Morgan fingerprint density at radius 2 is 2.00 bits per heavy atom. The Bertz CT molecular complexity index is 421.